The maximum atomic E-state index is 13.1. The number of methoxy groups -OCH3 is 1. The van der Waals surface area contributed by atoms with Gasteiger partial charge in [0.15, 0.2) is 5.69 Å². The van der Waals surface area contributed by atoms with Gasteiger partial charge in [0, 0.05) is 21.3 Å². The molecule has 0 saturated heterocycles. The summed E-state index contributed by atoms with van der Waals surface area (Å²) >= 11 is 3.39. The van der Waals surface area contributed by atoms with Crippen molar-refractivity contribution in [3.8, 4) is 5.75 Å². The van der Waals surface area contributed by atoms with Crippen molar-refractivity contribution in [2.24, 2.45) is 0 Å². The third-order valence-corrected chi connectivity index (χ3v) is 5.04. The Kier molecular flexibility index (Phi) is 4.19. The van der Waals surface area contributed by atoms with Crippen molar-refractivity contribution in [3.63, 3.8) is 0 Å². The largest absolute Gasteiger partial charge is 0.496 e. The minimum absolute atomic E-state index is 0.172. The van der Waals surface area contributed by atoms with Gasteiger partial charge in [-0.3, -0.25) is 14.8 Å². The third-order valence-electron chi connectivity index (χ3n) is 4.51. The average molecular weight is 428 g/mol. The number of aromatic amines is 1. The number of ether oxygens (including phenoxy) is 1. The fraction of sp³-hybridized carbons (Fsp3) is 0.105. The summed E-state index contributed by atoms with van der Waals surface area (Å²) in [6.45, 7) is 0. The van der Waals surface area contributed by atoms with Crippen LogP contribution in [0.25, 0.3) is 0 Å². The van der Waals surface area contributed by atoms with E-state index in [1.54, 1.807) is 23.1 Å². The Morgan fingerprint density at radius 2 is 1.93 bits per heavy atom. The van der Waals surface area contributed by atoms with E-state index in [0.29, 0.717) is 22.6 Å². The highest BCUT2D eigenvalue weighted by Gasteiger charge is 2.45. The van der Waals surface area contributed by atoms with E-state index in [9.17, 15) is 14.7 Å². The summed E-state index contributed by atoms with van der Waals surface area (Å²) in [5.74, 6) is -0.983. The number of nitrogens with zero attached hydrogens (tertiary/aromatic N) is 2. The molecule has 8 heteroatoms. The summed E-state index contributed by atoms with van der Waals surface area (Å²) in [6, 6.07) is 13.8. The molecule has 0 radical (unpaired) electrons. The summed E-state index contributed by atoms with van der Waals surface area (Å²) in [5, 5.41) is 16.0. The van der Waals surface area contributed by atoms with E-state index < -0.39 is 12.0 Å². The van der Waals surface area contributed by atoms with Crippen LogP contribution in [0, 0.1) is 0 Å². The molecule has 7 nitrogen and oxygen atoms in total. The lowest BCUT2D eigenvalue weighted by atomic mass is 9.97. The van der Waals surface area contributed by atoms with Crippen LogP contribution < -0.4 is 9.64 Å². The number of hydrogen-bond donors (Lipinski definition) is 2. The van der Waals surface area contributed by atoms with Crippen LogP contribution in [-0.2, 0) is 0 Å². The van der Waals surface area contributed by atoms with Gasteiger partial charge in [0.2, 0.25) is 0 Å². The lowest BCUT2D eigenvalue weighted by molar-refractivity contribution is 0.0688. The molecule has 0 fully saturated rings. The zero-order chi connectivity index (χ0) is 19.1. The molecular formula is C19H14BrN3O4. The van der Waals surface area contributed by atoms with Gasteiger partial charge in [0.1, 0.15) is 11.4 Å². The molecule has 1 atom stereocenters. The Labute approximate surface area is 162 Å². The van der Waals surface area contributed by atoms with Gasteiger partial charge in [-0.25, -0.2) is 4.79 Å². The van der Waals surface area contributed by atoms with E-state index in [2.05, 4.69) is 26.1 Å². The molecule has 27 heavy (non-hydrogen) atoms. The summed E-state index contributed by atoms with van der Waals surface area (Å²) in [4.78, 5) is 26.4. The summed E-state index contributed by atoms with van der Waals surface area (Å²) < 4.78 is 6.34. The monoisotopic (exact) mass is 427 g/mol. The molecule has 0 bridgehead atoms. The highest BCUT2D eigenvalue weighted by atomic mass is 79.9. The Bertz CT molecular complexity index is 1050. The molecule has 0 aliphatic carbocycles. The van der Waals surface area contributed by atoms with Crippen molar-refractivity contribution in [3.05, 3.63) is 75.5 Å². The van der Waals surface area contributed by atoms with Gasteiger partial charge in [-0.1, -0.05) is 34.1 Å². The number of amides is 1. The van der Waals surface area contributed by atoms with E-state index in [-0.39, 0.29) is 17.3 Å². The molecule has 0 saturated carbocycles. The first kappa shape index (κ1) is 17.3. The average Bonchev–Trinajstić information content (AvgIpc) is 3.22. The van der Waals surface area contributed by atoms with Crippen LogP contribution >= 0.6 is 15.9 Å². The molecule has 1 aromatic heterocycles. The van der Waals surface area contributed by atoms with Crippen LogP contribution in [-0.4, -0.2) is 34.3 Å². The zero-order valence-electron chi connectivity index (χ0n) is 14.1. The van der Waals surface area contributed by atoms with Crippen molar-refractivity contribution in [2.45, 2.75) is 6.04 Å². The number of benzene rings is 2. The molecule has 1 aliphatic rings. The molecule has 136 valence electrons. The number of anilines is 1. The predicted molar refractivity (Wildman–Crippen MR) is 101 cm³/mol. The number of rotatable bonds is 4. The van der Waals surface area contributed by atoms with E-state index in [0.717, 1.165) is 4.47 Å². The SMILES string of the molecule is COc1ccccc1C1c2c(C(=O)O)n[nH]c2C(=O)N1c1ccc(Br)cc1. The summed E-state index contributed by atoms with van der Waals surface area (Å²) in [7, 11) is 1.54. The standard InChI is InChI=1S/C19H14BrN3O4/c1-27-13-5-3-2-4-12(13)17-14-15(21-22-16(14)19(25)26)18(24)23(17)11-8-6-10(20)7-9-11/h2-9,17H,1H3,(H,21,22)(H,25,26). The first-order valence-electron chi connectivity index (χ1n) is 8.06. The van der Waals surface area contributed by atoms with Gasteiger partial charge < -0.3 is 9.84 Å². The Morgan fingerprint density at radius 3 is 2.59 bits per heavy atom. The third kappa shape index (κ3) is 2.69. The number of carboxylic acids is 1. The van der Waals surface area contributed by atoms with Crippen LogP contribution in [0.1, 0.15) is 38.1 Å². The molecular weight excluding hydrogens is 414 g/mol. The summed E-state index contributed by atoms with van der Waals surface area (Å²) in [5.41, 5.74) is 1.65. The van der Waals surface area contributed by atoms with Crippen LogP contribution in [0.2, 0.25) is 0 Å². The Hall–Kier alpha value is -3.13. The number of carboxylic acid groups (broad SMARTS) is 1. The molecule has 0 spiro atoms. The van der Waals surface area contributed by atoms with Crippen LogP contribution in [0.3, 0.4) is 0 Å². The molecule has 1 amide bonds. The van der Waals surface area contributed by atoms with E-state index >= 15 is 0 Å². The van der Waals surface area contributed by atoms with Gasteiger partial charge in [0.05, 0.1) is 13.2 Å². The van der Waals surface area contributed by atoms with E-state index in [1.165, 1.54) is 7.11 Å². The number of aromatic carboxylic acids is 1. The van der Waals surface area contributed by atoms with Crippen molar-refractivity contribution in [1.29, 1.82) is 0 Å². The number of para-hydroxylation sites is 1. The summed E-state index contributed by atoms with van der Waals surface area (Å²) in [6.07, 6.45) is 0. The number of H-pyrrole nitrogens is 1. The first-order valence-corrected chi connectivity index (χ1v) is 8.85. The van der Waals surface area contributed by atoms with Crippen LogP contribution in [0.4, 0.5) is 5.69 Å². The topological polar surface area (TPSA) is 95.5 Å². The number of nitrogens with one attached hydrogen (secondary N) is 1. The molecule has 1 unspecified atom stereocenters. The quantitative estimate of drug-likeness (QED) is 0.662. The highest BCUT2D eigenvalue weighted by molar-refractivity contribution is 9.10. The van der Waals surface area contributed by atoms with Crippen molar-refractivity contribution < 1.29 is 19.4 Å². The van der Waals surface area contributed by atoms with Gasteiger partial charge in [-0.15, -0.1) is 0 Å². The number of aromatic nitrogens is 2. The van der Waals surface area contributed by atoms with Gasteiger partial charge in [-0.05, 0) is 30.3 Å². The fourth-order valence-electron chi connectivity index (χ4n) is 3.36. The number of halogens is 1. The lowest BCUT2D eigenvalue weighted by Crippen LogP contribution is -2.30. The second kappa shape index (κ2) is 6.55. The van der Waals surface area contributed by atoms with Gasteiger partial charge in [-0.2, -0.15) is 5.10 Å². The molecule has 2 heterocycles. The number of hydrogen-bond acceptors (Lipinski definition) is 4. The lowest BCUT2D eigenvalue weighted by Gasteiger charge is -2.27. The Morgan fingerprint density at radius 1 is 1.22 bits per heavy atom. The van der Waals surface area contributed by atoms with Gasteiger partial charge in [0.25, 0.3) is 5.91 Å². The molecule has 2 N–H and O–H groups in total. The van der Waals surface area contributed by atoms with E-state index in [4.69, 9.17) is 4.74 Å². The van der Waals surface area contributed by atoms with Crippen molar-refractivity contribution in [1.82, 2.24) is 10.2 Å². The van der Waals surface area contributed by atoms with Crippen molar-refractivity contribution in [2.75, 3.05) is 12.0 Å². The van der Waals surface area contributed by atoms with Crippen LogP contribution in [0.5, 0.6) is 5.75 Å². The number of carbonyl (C=O) groups excluding carboxylic acids is 1. The van der Waals surface area contributed by atoms with Crippen molar-refractivity contribution >= 4 is 33.5 Å². The molecule has 3 aromatic rings. The molecule has 1 aliphatic heterocycles. The number of fused-ring (bicyclic) bond motifs is 1. The maximum absolute atomic E-state index is 13.1. The normalized spacial score (nSPS) is 15.7. The highest BCUT2D eigenvalue weighted by Crippen LogP contribution is 2.45. The second-order valence-electron chi connectivity index (χ2n) is 5.96. The minimum atomic E-state index is -1.20. The maximum Gasteiger partial charge on any atom is 0.356 e. The Balaban J connectivity index is 1.97. The molecule has 2 aromatic carbocycles. The predicted octanol–water partition coefficient (Wildman–Crippen LogP) is 3.63. The fourth-order valence-corrected chi connectivity index (χ4v) is 3.63. The minimum Gasteiger partial charge on any atom is -0.496 e. The zero-order valence-corrected chi connectivity index (χ0v) is 15.7. The van der Waals surface area contributed by atoms with Crippen LogP contribution in [0.15, 0.2) is 53.0 Å². The number of carbonyl (C=O) groups is 2. The second-order valence-corrected chi connectivity index (χ2v) is 6.88. The van der Waals surface area contributed by atoms with E-state index in [1.807, 2.05) is 30.3 Å². The first-order chi connectivity index (χ1) is 13.0. The van der Waals surface area contributed by atoms with Gasteiger partial charge >= 0.3 is 5.97 Å². The molecule has 4 rings (SSSR count). The smallest absolute Gasteiger partial charge is 0.356 e.